The van der Waals surface area contributed by atoms with E-state index in [2.05, 4.69) is 26.1 Å². The van der Waals surface area contributed by atoms with Crippen LogP contribution in [-0.2, 0) is 11.2 Å². The lowest BCUT2D eigenvalue weighted by Crippen LogP contribution is -2.46. The highest BCUT2D eigenvalue weighted by molar-refractivity contribution is 5.91. The SMILES string of the molecule is CC(C)(C)CC(C)(C)NC(=O)Cc1ccccc1C(=O)O. The van der Waals surface area contributed by atoms with E-state index in [4.69, 9.17) is 5.11 Å². The summed E-state index contributed by atoms with van der Waals surface area (Å²) in [7, 11) is 0. The van der Waals surface area contributed by atoms with E-state index < -0.39 is 5.97 Å². The fourth-order valence-corrected chi connectivity index (χ4v) is 2.85. The molecule has 1 amide bonds. The van der Waals surface area contributed by atoms with E-state index >= 15 is 0 Å². The lowest BCUT2D eigenvalue weighted by atomic mass is 9.81. The second-order valence-corrected chi connectivity index (χ2v) is 7.31. The molecular weight excluding hydrogens is 266 g/mol. The number of carbonyl (C=O) groups excluding carboxylic acids is 1. The lowest BCUT2D eigenvalue weighted by molar-refractivity contribution is -0.122. The van der Waals surface area contributed by atoms with Crippen LogP contribution in [0.1, 0.15) is 57.0 Å². The second-order valence-electron chi connectivity index (χ2n) is 7.31. The largest absolute Gasteiger partial charge is 0.478 e. The Morgan fingerprint density at radius 2 is 1.67 bits per heavy atom. The molecule has 0 saturated heterocycles. The standard InChI is InChI=1S/C17H25NO3/c1-16(2,3)11-17(4,5)18-14(19)10-12-8-6-7-9-13(12)15(20)21/h6-9H,10-11H2,1-5H3,(H,18,19)(H,20,21). The number of hydrogen-bond acceptors (Lipinski definition) is 2. The quantitative estimate of drug-likeness (QED) is 0.875. The fourth-order valence-electron chi connectivity index (χ4n) is 2.85. The molecule has 0 aromatic heterocycles. The van der Waals surface area contributed by atoms with Gasteiger partial charge in [-0.05, 0) is 37.3 Å². The van der Waals surface area contributed by atoms with Gasteiger partial charge >= 0.3 is 5.97 Å². The number of aromatic carboxylic acids is 1. The Bertz CT molecular complexity index is 527. The van der Waals surface area contributed by atoms with Gasteiger partial charge in [0, 0.05) is 5.54 Å². The van der Waals surface area contributed by atoms with Gasteiger partial charge in [0.15, 0.2) is 0 Å². The smallest absolute Gasteiger partial charge is 0.335 e. The molecule has 0 aliphatic heterocycles. The van der Waals surface area contributed by atoms with Gasteiger partial charge < -0.3 is 10.4 Å². The zero-order chi connectivity index (χ0) is 16.3. The van der Waals surface area contributed by atoms with Gasteiger partial charge in [-0.25, -0.2) is 4.79 Å². The van der Waals surface area contributed by atoms with Crippen molar-refractivity contribution in [1.29, 1.82) is 0 Å². The predicted octanol–water partition coefficient (Wildman–Crippen LogP) is 3.26. The van der Waals surface area contributed by atoms with Gasteiger partial charge in [-0.15, -0.1) is 0 Å². The van der Waals surface area contributed by atoms with Gasteiger partial charge in [-0.2, -0.15) is 0 Å². The van der Waals surface area contributed by atoms with E-state index in [-0.39, 0.29) is 28.8 Å². The summed E-state index contributed by atoms with van der Waals surface area (Å²) in [4.78, 5) is 23.3. The summed E-state index contributed by atoms with van der Waals surface area (Å²) >= 11 is 0. The minimum absolute atomic E-state index is 0.0794. The molecule has 0 spiro atoms. The van der Waals surface area contributed by atoms with Crippen molar-refractivity contribution in [3.63, 3.8) is 0 Å². The third-order valence-electron chi connectivity index (χ3n) is 3.05. The van der Waals surface area contributed by atoms with E-state index in [9.17, 15) is 9.59 Å². The second kappa shape index (κ2) is 6.29. The first-order valence-corrected chi connectivity index (χ1v) is 7.12. The molecule has 1 aromatic rings. The van der Waals surface area contributed by atoms with Crippen molar-refractivity contribution in [2.24, 2.45) is 5.41 Å². The maximum Gasteiger partial charge on any atom is 0.335 e. The maximum absolute atomic E-state index is 12.2. The number of benzene rings is 1. The first-order valence-electron chi connectivity index (χ1n) is 7.12. The lowest BCUT2D eigenvalue weighted by Gasteiger charge is -2.33. The summed E-state index contributed by atoms with van der Waals surface area (Å²) in [6.45, 7) is 10.3. The molecule has 0 heterocycles. The molecule has 0 saturated carbocycles. The zero-order valence-corrected chi connectivity index (χ0v) is 13.5. The van der Waals surface area contributed by atoms with Crippen LogP contribution in [0.2, 0.25) is 0 Å². The number of amides is 1. The van der Waals surface area contributed by atoms with Gasteiger partial charge in [0.05, 0.1) is 12.0 Å². The highest BCUT2D eigenvalue weighted by Gasteiger charge is 2.27. The molecule has 4 heteroatoms. The van der Waals surface area contributed by atoms with Crippen molar-refractivity contribution in [3.8, 4) is 0 Å². The molecule has 0 radical (unpaired) electrons. The average Bonchev–Trinajstić information content (AvgIpc) is 2.24. The molecule has 0 atom stereocenters. The summed E-state index contributed by atoms with van der Waals surface area (Å²) in [6.07, 6.45) is 0.919. The highest BCUT2D eigenvalue weighted by Crippen LogP contribution is 2.26. The van der Waals surface area contributed by atoms with E-state index in [0.29, 0.717) is 5.56 Å². The van der Waals surface area contributed by atoms with Gasteiger partial charge in [-0.1, -0.05) is 39.0 Å². The van der Waals surface area contributed by atoms with Crippen LogP contribution in [0.25, 0.3) is 0 Å². The average molecular weight is 291 g/mol. The topological polar surface area (TPSA) is 66.4 Å². The summed E-state index contributed by atoms with van der Waals surface area (Å²) in [6, 6.07) is 6.61. The van der Waals surface area contributed by atoms with Gasteiger partial charge in [0.1, 0.15) is 0 Å². The predicted molar refractivity (Wildman–Crippen MR) is 83.4 cm³/mol. The number of nitrogens with one attached hydrogen (secondary N) is 1. The Hall–Kier alpha value is -1.84. The number of hydrogen-bond donors (Lipinski definition) is 2. The molecule has 1 rings (SSSR count). The summed E-state index contributed by atoms with van der Waals surface area (Å²) in [5, 5.41) is 12.1. The highest BCUT2D eigenvalue weighted by atomic mass is 16.4. The molecule has 0 aliphatic rings. The first-order chi connectivity index (χ1) is 9.50. The van der Waals surface area contributed by atoms with Crippen molar-refractivity contribution < 1.29 is 14.7 Å². The number of carbonyl (C=O) groups is 2. The number of rotatable bonds is 5. The van der Waals surface area contributed by atoms with E-state index in [1.807, 2.05) is 13.8 Å². The van der Waals surface area contributed by atoms with Crippen molar-refractivity contribution in [3.05, 3.63) is 35.4 Å². The molecule has 0 aliphatic carbocycles. The Morgan fingerprint density at radius 1 is 1.10 bits per heavy atom. The summed E-state index contributed by atoms with van der Waals surface area (Å²) in [5.41, 5.74) is 0.499. The Morgan fingerprint density at radius 3 is 2.19 bits per heavy atom. The Labute approximate surface area is 126 Å². The van der Waals surface area contributed by atoms with Gasteiger partial charge in [0.25, 0.3) is 0 Å². The minimum Gasteiger partial charge on any atom is -0.478 e. The normalized spacial score (nSPS) is 12.0. The van der Waals surface area contributed by atoms with Crippen LogP contribution in [0.5, 0.6) is 0 Å². The van der Waals surface area contributed by atoms with Gasteiger partial charge in [-0.3, -0.25) is 4.79 Å². The molecule has 116 valence electrons. The van der Waals surface area contributed by atoms with E-state index in [1.165, 1.54) is 6.07 Å². The van der Waals surface area contributed by atoms with Crippen molar-refractivity contribution in [1.82, 2.24) is 5.32 Å². The zero-order valence-electron chi connectivity index (χ0n) is 13.5. The number of carboxylic acid groups (broad SMARTS) is 1. The van der Waals surface area contributed by atoms with Crippen LogP contribution in [0, 0.1) is 5.41 Å². The molecule has 2 N–H and O–H groups in total. The Kier molecular flexibility index (Phi) is 5.15. The molecule has 0 unspecified atom stereocenters. The molecule has 0 fully saturated rings. The number of carboxylic acids is 1. The van der Waals surface area contributed by atoms with Crippen LogP contribution in [0.4, 0.5) is 0 Å². The van der Waals surface area contributed by atoms with E-state index in [0.717, 1.165) is 6.42 Å². The monoisotopic (exact) mass is 291 g/mol. The molecule has 21 heavy (non-hydrogen) atoms. The summed E-state index contributed by atoms with van der Waals surface area (Å²) < 4.78 is 0. The van der Waals surface area contributed by atoms with Crippen molar-refractivity contribution in [2.45, 2.75) is 53.0 Å². The third-order valence-corrected chi connectivity index (χ3v) is 3.05. The van der Waals surface area contributed by atoms with Crippen LogP contribution in [0.3, 0.4) is 0 Å². The van der Waals surface area contributed by atoms with Gasteiger partial charge in [0.2, 0.25) is 5.91 Å². The minimum atomic E-state index is -1.01. The van der Waals surface area contributed by atoms with Crippen LogP contribution < -0.4 is 5.32 Å². The fraction of sp³-hybridized carbons (Fsp3) is 0.529. The van der Waals surface area contributed by atoms with E-state index in [1.54, 1.807) is 18.2 Å². The summed E-state index contributed by atoms with van der Waals surface area (Å²) in [5.74, 6) is -1.16. The van der Waals surface area contributed by atoms with Crippen molar-refractivity contribution >= 4 is 11.9 Å². The molecule has 1 aromatic carbocycles. The van der Waals surface area contributed by atoms with Crippen LogP contribution in [-0.4, -0.2) is 22.5 Å². The molecule has 4 nitrogen and oxygen atoms in total. The van der Waals surface area contributed by atoms with Crippen molar-refractivity contribution in [2.75, 3.05) is 0 Å². The molecular formula is C17H25NO3. The molecule has 0 bridgehead atoms. The Balaban J connectivity index is 2.77. The first kappa shape index (κ1) is 17.2. The maximum atomic E-state index is 12.2. The van der Waals surface area contributed by atoms with Crippen LogP contribution in [0.15, 0.2) is 24.3 Å². The third kappa shape index (κ3) is 5.98. The van der Waals surface area contributed by atoms with Crippen LogP contribution >= 0.6 is 0 Å².